The monoisotopic (exact) mass is 472 g/mol. The van der Waals surface area contributed by atoms with Gasteiger partial charge in [-0.05, 0) is 48.7 Å². The average molecular weight is 472 g/mol. The third-order valence-electron chi connectivity index (χ3n) is 5.16. The van der Waals surface area contributed by atoms with Gasteiger partial charge < -0.3 is 15.0 Å². The maximum atomic E-state index is 14.1. The first kappa shape index (κ1) is 23.2. The van der Waals surface area contributed by atoms with Crippen LogP contribution in [0.15, 0.2) is 66.6 Å². The molecule has 0 radical (unpaired) electrons. The number of aromatic nitrogens is 2. The Balaban J connectivity index is 1.38. The van der Waals surface area contributed by atoms with Crippen LogP contribution in [0.1, 0.15) is 24.0 Å². The molecule has 0 unspecified atom stereocenters. The van der Waals surface area contributed by atoms with Crippen LogP contribution in [0.3, 0.4) is 0 Å². The number of hydrogen-bond acceptors (Lipinski definition) is 4. The van der Waals surface area contributed by atoms with Gasteiger partial charge in [0.1, 0.15) is 11.6 Å². The van der Waals surface area contributed by atoms with Crippen LogP contribution in [-0.4, -0.2) is 34.0 Å². The van der Waals surface area contributed by atoms with Gasteiger partial charge in [0.25, 0.3) is 0 Å². The zero-order valence-corrected chi connectivity index (χ0v) is 17.8. The molecule has 1 aliphatic rings. The topological polar surface area (TPSA) is 67.4 Å². The lowest BCUT2D eigenvalue weighted by molar-refractivity contribution is -0.137. The number of rotatable bonds is 4. The van der Waals surface area contributed by atoms with E-state index in [-0.39, 0.29) is 17.7 Å². The Morgan fingerprint density at radius 2 is 1.88 bits per heavy atom. The summed E-state index contributed by atoms with van der Waals surface area (Å²) in [6, 6.07) is 9.25. The van der Waals surface area contributed by atoms with Crippen LogP contribution in [0.2, 0.25) is 0 Å². The fourth-order valence-electron chi connectivity index (χ4n) is 3.47. The van der Waals surface area contributed by atoms with Gasteiger partial charge in [-0.2, -0.15) is 13.2 Å². The average Bonchev–Trinajstić information content (AvgIpc) is 2.79. The number of amides is 2. The number of benzene rings is 1. The molecule has 2 aromatic heterocycles. The Hall–Kier alpha value is -3.95. The van der Waals surface area contributed by atoms with Gasteiger partial charge in [0.05, 0.1) is 17.4 Å². The number of urea groups is 1. The standard InChI is InChI=1S/C24H20F4N4O2/c25-19-11-17(12-21(13-19)34-22-4-3-18(14-30-22)24(26,27)28)10-16-5-8-32(9-6-16)23(33)31-20-2-1-7-29-15-20/h1-4,7,10-15H,5-6,8-9H2,(H,31,33). The first-order valence-electron chi connectivity index (χ1n) is 10.4. The van der Waals surface area contributed by atoms with Gasteiger partial charge in [0.15, 0.2) is 0 Å². The molecule has 34 heavy (non-hydrogen) atoms. The lowest BCUT2D eigenvalue weighted by Crippen LogP contribution is -2.39. The van der Waals surface area contributed by atoms with Gasteiger partial charge in [-0.15, -0.1) is 0 Å². The molecule has 10 heteroatoms. The highest BCUT2D eigenvalue weighted by molar-refractivity contribution is 5.89. The molecule has 1 aromatic carbocycles. The van der Waals surface area contributed by atoms with Crippen LogP contribution in [0.4, 0.5) is 28.0 Å². The SMILES string of the molecule is O=C(Nc1cccnc1)N1CCC(=Cc2cc(F)cc(Oc3ccc(C(F)(F)F)cn3)c2)CC1. The Labute approximate surface area is 192 Å². The fourth-order valence-corrected chi connectivity index (χ4v) is 3.47. The summed E-state index contributed by atoms with van der Waals surface area (Å²) in [6.45, 7) is 1.01. The van der Waals surface area contributed by atoms with Crippen molar-refractivity contribution in [3.8, 4) is 11.6 Å². The van der Waals surface area contributed by atoms with Crippen molar-refractivity contribution in [2.24, 2.45) is 0 Å². The van der Waals surface area contributed by atoms with E-state index in [1.54, 1.807) is 35.5 Å². The van der Waals surface area contributed by atoms with Crippen molar-refractivity contribution >= 4 is 17.8 Å². The highest BCUT2D eigenvalue weighted by atomic mass is 19.4. The third kappa shape index (κ3) is 6.09. The number of carbonyl (C=O) groups is 1. The van der Waals surface area contributed by atoms with Crippen molar-refractivity contribution in [1.29, 1.82) is 0 Å². The van der Waals surface area contributed by atoms with E-state index in [9.17, 15) is 22.4 Å². The van der Waals surface area contributed by atoms with Crippen LogP contribution >= 0.6 is 0 Å². The summed E-state index contributed by atoms with van der Waals surface area (Å²) in [5.74, 6) is -0.512. The summed E-state index contributed by atoms with van der Waals surface area (Å²) in [4.78, 5) is 21.7. The molecular formula is C24H20F4N4O2. The molecule has 0 aliphatic carbocycles. The Bertz CT molecular complexity index is 1170. The van der Waals surface area contributed by atoms with Gasteiger partial charge in [0.2, 0.25) is 5.88 Å². The summed E-state index contributed by atoms with van der Waals surface area (Å²) >= 11 is 0. The summed E-state index contributed by atoms with van der Waals surface area (Å²) < 4.78 is 57.6. The molecule has 1 fully saturated rings. The first-order valence-corrected chi connectivity index (χ1v) is 10.4. The van der Waals surface area contributed by atoms with Crippen LogP contribution in [0.5, 0.6) is 11.6 Å². The van der Waals surface area contributed by atoms with E-state index in [0.717, 1.165) is 23.8 Å². The second-order valence-electron chi connectivity index (χ2n) is 7.67. The molecule has 1 aliphatic heterocycles. The molecule has 0 spiro atoms. The van der Waals surface area contributed by atoms with Crippen molar-refractivity contribution < 1.29 is 27.1 Å². The molecule has 0 atom stereocenters. The van der Waals surface area contributed by atoms with Crippen molar-refractivity contribution in [2.45, 2.75) is 19.0 Å². The molecule has 1 N–H and O–H groups in total. The number of anilines is 1. The number of hydrogen-bond donors (Lipinski definition) is 1. The number of nitrogens with one attached hydrogen (secondary N) is 1. The van der Waals surface area contributed by atoms with E-state index in [0.29, 0.717) is 43.4 Å². The van der Waals surface area contributed by atoms with Crippen molar-refractivity contribution in [3.63, 3.8) is 0 Å². The third-order valence-corrected chi connectivity index (χ3v) is 5.16. The molecule has 2 amide bonds. The largest absolute Gasteiger partial charge is 0.439 e. The normalized spacial score (nSPS) is 14.0. The number of carbonyl (C=O) groups excluding carboxylic acids is 1. The molecule has 3 heterocycles. The number of pyridine rings is 2. The van der Waals surface area contributed by atoms with Crippen molar-refractivity contribution in [1.82, 2.24) is 14.9 Å². The smallest absolute Gasteiger partial charge is 0.417 e. The summed E-state index contributed by atoms with van der Waals surface area (Å²) in [5.41, 5.74) is 1.30. The van der Waals surface area contributed by atoms with E-state index in [2.05, 4.69) is 15.3 Å². The predicted molar refractivity (Wildman–Crippen MR) is 118 cm³/mol. The lowest BCUT2D eigenvalue weighted by Gasteiger charge is -2.28. The van der Waals surface area contributed by atoms with Crippen LogP contribution < -0.4 is 10.1 Å². The quantitative estimate of drug-likeness (QED) is 0.464. The van der Waals surface area contributed by atoms with E-state index in [1.807, 2.05) is 6.08 Å². The van der Waals surface area contributed by atoms with E-state index < -0.39 is 17.6 Å². The molecular weight excluding hydrogens is 452 g/mol. The minimum Gasteiger partial charge on any atom is -0.439 e. The van der Waals surface area contributed by atoms with Crippen LogP contribution in [-0.2, 0) is 6.18 Å². The van der Waals surface area contributed by atoms with E-state index >= 15 is 0 Å². The van der Waals surface area contributed by atoms with Crippen molar-refractivity contribution in [3.05, 3.63) is 83.6 Å². The number of nitrogens with zero attached hydrogens (tertiary/aromatic N) is 3. The lowest BCUT2D eigenvalue weighted by atomic mass is 10.0. The number of ether oxygens (including phenoxy) is 1. The second-order valence-corrected chi connectivity index (χ2v) is 7.67. The van der Waals surface area contributed by atoms with Gasteiger partial charge in [-0.1, -0.05) is 11.6 Å². The number of likely N-dealkylation sites (tertiary alicyclic amines) is 1. The molecule has 0 saturated carbocycles. The number of halogens is 4. The molecule has 0 bridgehead atoms. The minimum atomic E-state index is -4.50. The highest BCUT2D eigenvalue weighted by Gasteiger charge is 2.30. The fraction of sp³-hybridized carbons (Fsp3) is 0.208. The molecule has 176 valence electrons. The van der Waals surface area contributed by atoms with Crippen LogP contribution in [0, 0.1) is 5.82 Å². The maximum absolute atomic E-state index is 14.1. The van der Waals surface area contributed by atoms with Gasteiger partial charge in [-0.25, -0.2) is 14.2 Å². The summed E-state index contributed by atoms with van der Waals surface area (Å²) in [6.07, 6.45) is 2.41. The van der Waals surface area contributed by atoms with Crippen LogP contribution in [0.25, 0.3) is 6.08 Å². The van der Waals surface area contributed by atoms with Gasteiger partial charge in [0, 0.05) is 37.6 Å². The zero-order chi connectivity index (χ0) is 24.1. The number of alkyl halides is 3. The van der Waals surface area contributed by atoms with Crippen molar-refractivity contribution in [2.75, 3.05) is 18.4 Å². The summed E-state index contributed by atoms with van der Waals surface area (Å²) in [5, 5.41) is 2.80. The Morgan fingerprint density at radius 3 is 2.53 bits per heavy atom. The Morgan fingerprint density at radius 1 is 1.09 bits per heavy atom. The zero-order valence-electron chi connectivity index (χ0n) is 17.8. The molecule has 4 rings (SSSR count). The number of piperidine rings is 1. The minimum absolute atomic E-state index is 0.0786. The van der Waals surface area contributed by atoms with Gasteiger partial charge in [-0.3, -0.25) is 4.98 Å². The predicted octanol–water partition coefficient (Wildman–Crippen LogP) is 6.14. The molecule has 3 aromatic rings. The van der Waals surface area contributed by atoms with Gasteiger partial charge >= 0.3 is 12.2 Å². The molecule has 1 saturated heterocycles. The van der Waals surface area contributed by atoms with E-state index in [4.69, 9.17) is 4.74 Å². The maximum Gasteiger partial charge on any atom is 0.417 e. The molecule has 6 nitrogen and oxygen atoms in total. The first-order chi connectivity index (χ1) is 16.3. The summed E-state index contributed by atoms with van der Waals surface area (Å²) in [7, 11) is 0. The second kappa shape index (κ2) is 9.90. The van der Waals surface area contributed by atoms with E-state index in [1.165, 1.54) is 6.07 Å². The Kier molecular flexibility index (Phi) is 6.76. The highest BCUT2D eigenvalue weighted by Crippen LogP contribution is 2.31.